The predicted molar refractivity (Wildman–Crippen MR) is 248 cm³/mol. The lowest BCUT2D eigenvalue weighted by Crippen LogP contribution is -2.10. The van der Waals surface area contributed by atoms with E-state index >= 15 is 0 Å². The number of benzene rings is 7. The number of fused-ring (bicyclic) bond motifs is 6. The van der Waals surface area contributed by atoms with Crippen LogP contribution < -0.4 is 9.80 Å². The van der Waals surface area contributed by atoms with Crippen molar-refractivity contribution in [3.8, 4) is 22.0 Å². The molecule has 0 N–H and O–H groups in total. The van der Waals surface area contributed by atoms with Crippen molar-refractivity contribution >= 4 is 99.5 Å². The summed E-state index contributed by atoms with van der Waals surface area (Å²) >= 11 is 1.71. The van der Waals surface area contributed by atoms with Gasteiger partial charge >= 0.3 is 0 Å². The third-order valence-corrected chi connectivity index (χ3v) is 12.1. The number of pyridine rings is 2. The summed E-state index contributed by atoms with van der Waals surface area (Å²) < 4.78 is 13.9. The molecular weight excluding hydrogens is 773 g/mol. The molecule has 5 heterocycles. The molecule has 0 amide bonds. The maximum Gasteiger partial charge on any atom is 0.227 e. The normalized spacial score (nSPS) is 11.6. The van der Waals surface area contributed by atoms with Crippen molar-refractivity contribution in [3.63, 3.8) is 0 Å². The molecule has 0 aliphatic rings. The molecule has 288 valence electrons. The summed E-state index contributed by atoms with van der Waals surface area (Å²) in [7, 11) is 0. The van der Waals surface area contributed by atoms with E-state index in [1.807, 2.05) is 67.0 Å². The second-order valence-corrected chi connectivity index (χ2v) is 15.9. The highest BCUT2D eigenvalue weighted by atomic mass is 32.1. The van der Waals surface area contributed by atoms with Gasteiger partial charge in [-0.25, -0.2) is 9.97 Å². The first kappa shape index (κ1) is 34.9. The van der Waals surface area contributed by atoms with E-state index in [-0.39, 0.29) is 0 Å². The minimum absolute atomic E-state index is 0.587. The zero-order valence-corrected chi connectivity index (χ0v) is 33.2. The Morgan fingerprint density at radius 2 is 1.05 bits per heavy atom. The lowest BCUT2D eigenvalue weighted by molar-refractivity contribution is 0.620. The molecule has 0 spiro atoms. The van der Waals surface area contributed by atoms with Crippen molar-refractivity contribution in [1.29, 1.82) is 0 Å². The molecule has 0 bridgehead atoms. The van der Waals surface area contributed by atoms with E-state index in [9.17, 15) is 0 Å². The third kappa shape index (κ3) is 6.23. The number of anilines is 6. The maximum atomic E-state index is 6.68. The van der Waals surface area contributed by atoms with Crippen molar-refractivity contribution < 1.29 is 8.83 Å². The van der Waals surface area contributed by atoms with Crippen LogP contribution in [0.15, 0.2) is 203 Å². The number of thiazole rings is 1. The Hall–Kier alpha value is -8.14. The first-order valence-electron chi connectivity index (χ1n) is 19.9. The summed E-state index contributed by atoms with van der Waals surface area (Å²) in [5, 5.41) is 5.31. The van der Waals surface area contributed by atoms with E-state index in [0.29, 0.717) is 5.89 Å². The number of rotatable bonds is 8. The Bertz CT molecular complexity index is 3310. The molecule has 9 heteroatoms. The number of furan rings is 1. The number of oxazole rings is 1. The van der Waals surface area contributed by atoms with Crippen LogP contribution in [0.1, 0.15) is 0 Å². The summed E-state index contributed by atoms with van der Waals surface area (Å²) in [6.07, 6.45) is 7.35. The average Bonchev–Trinajstić information content (AvgIpc) is 4.05. The molecule has 0 radical (unpaired) electrons. The Labute approximate surface area is 353 Å². The molecular formula is C52H32N6O2S. The molecule has 0 atom stereocenters. The van der Waals surface area contributed by atoms with Gasteiger partial charge in [-0.15, -0.1) is 11.3 Å². The van der Waals surface area contributed by atoms with E-state index < -0.39 is 0 Å². The monoisotopic (exact) mass is 804 g/mol. The van der Waals surface area contributed by atoms with Gasteiger partial charge in [-0.05, 0) is 144 Å². The topological polar surface area (TPSA) is 84.3 Å². The fourth-order valence-corrected chi connectivity index (χ4v) is 9.11. The molecule has 0 saturated carbocycles. The average molecular weight is 805 g/mol. The summed E-state index contributed by atoms with van der Waals surface area (Å²) in [5.41, 5.74) is 12.1. The molecule has 5 aromatic heterocycles. The summed E-state index contributed by atoms with van der Waals surface area (Å²) in [6, 6.07) is 58.3. The van der Waals surface area contributed by atoms with Gasteiger partial charge in [0.2, 0.25) is 5.89 Å². The minimum atomic E-state index is 0.587. The second-order valence-electron chi connectivity index (χ2n) is 14.8. The van der Waals surface area contributed by atoms with Gasteiger partial charge in [0, 0.05) is 63.1 Å². The SMILES string of the molecule is c1cncc(N(c2ccc(-c3nc4ccccc4s3)cc2)c2ccc3cc4c(cc3c2)oc2cc(N(c3ccc(-c5nc6ccccc6o5)cc3)c3cccnc3)ccc24)c1. The molecule has 7 aromatic carbocycles. The van der Waals surface area contributed by atoms with Crippen LogP contribution in [0.4, 0.5) is 34.1 Å². The molecule has 0 aliphatic heterocycles. The van der Waals surface area contributed by atoms with E-state index in [1.165, 1.54) is 4.70 Å². The Morgan fingerprint density at radius 1 is 0.410 bits per heavy atom. The lowest BCUT2D eigenvalue weighted by Gasteiger charge is -2.25. The summed E-state index contributed by atoms with van der Waals surface area (Å²) in [6.45, 7) is 0. The van der Waals surface area contributed by atoms with Crippen LogP contribution in [0.25, 0.3) is 76.1 Å². The van der Waals surface area contributed by atoms with Gasteiger partial charge < -0.3 is 18.6 Å². The van der Waals surface area contributed by atoms with Crippen molar-refractivity contribution in [2.75, 3.05) is 9.80 Å². The number of hydrogen-bond acceptors (Lipinski definition) is 9. The van der Waals surface area contributed by atoms with Crippen LogP contribution in [-0.4, -0.2) is 19.9 Å². The smallest absolute Gasteiger partial charge is 0.227 e. The van der Waals surface area contributed by atoms with Crippen LogP contribution in [-0.2, 0) is 0 Å². The molecule has 12 rings (SSSR count). The molecule has 8 nitrogen and oxygen atoms in total. The van der Waals surface area contributed by atoms with Crippen LogP contribution in [0.2, 0.25) is 0 Å². The van der Waals surface area contributed by atoms with E-state index in [4.69, 9.17) is 18.8 Å². The quantitative estimate of drug-likeness (QED) is 0.150. The molecule has 12 aromatic rings. The first-order chi connectivity index (χ1) is 30.2. The van der Waals surface area contributed by atoms with E-state index in [2.05, 4.69) is 135 Å². The van der Waals surface area contributed by atoms with Crippen LogP contribution in [0.3, 0.4) is 0 Å². The van der Waals surface area contributed by atoms with Gasteiger partial charge in [-0.2, -0.15) is 0 Å². The van der Waals surface area contributed by atoms with Gasteiger partial charge in [-0.1, -0.05) is 30.3 Å². The summed E-state index contributed by atoms with van der Waals surface area (Å²) in [4.78, 5) is 22.9. The molecule has 0 saturated heterocycles. The zero-order valence-electron chi connectivity index (χ0n) is 32.4. The highest BCUT2D eigenvalue weighted by molar-refractivity contribution is 7.21. The third-order valence-electron chi connectivity index (χ3n) is 11.1. The van der Waals surface area contributed by atoms with Crippen molar-refractivity contribution in [2.45, 2.75) is 0 Å². The Kier molecular flexibility index (Phi) is 8.17. The number of hydrogen-bond donors (Lipinski definition) is 0. The van der Waals surface area contributed by atoms with E-state index in [0.717, 1.165) is 99.6 Å². The van der Waals surface area contributed by atoms with Crippen molar-refractivity contribution in [3.05, 3.63) is 195 Å². The van der Waals surface area contributed by atoms with Crippen LogP contribution >= 0.6 is 11.3 Å². The van der Waals surface area contributed by atoms with Crippen LogP contribution in [0, 0.1) is 0 Å². The van der Waals surface area contributed by atoms with Gasteiger partial charge in [0.05, 0.1) is 34.0 Å². The zero-order chi connectivity index (χ0) is 40.3. The van der Waals surface area contributed by atoms with Gasteiger partial charge in [0.1, 0.15) is 21.7 Å². The maximum absolute atomic E-state index is 6.68. The Morgan fingerprint density at radius 3 is 1.75 bits per heavy atom. The number of para-hydroxylation sites is 3. The number of aromatic nitrogens is 4. The van der Waals surface area contributed by atoms with Gasteiger partial charge in [0.25, 0.3) is 0 Å². The molecule has 0 unspecified atom stereocenters. The molecule has 61 heavy (non-hydrogen) atoms. The standard InChI is InChI=1S/C52H32N6O2S/c1-3-11-47-45(9-1)55-51(60-47)33-13-18-37(19-14-33)58(42-8-6-26-54-32-42)40-23-24-43-44-28-35-17-22-39(27-36(35)29-48(44)59-49(43)30-40)57(41-7-5-25-53-31-41)38-20-15-34(16-21-38)52-56-46-10-2-4-12-50(46)61-52/h1-32H. The van der Waals surface area contributed by atoms with Crippen LogP contribution in [0.5, 0.6) is 0 Å². The lowest BCUT2D eigenvalue weighted by atomic mass is 10.0. The minimum Gasteiger partial charge on any atom is -0.456 e. The fourth-order valence-electron chi connectivity index (χ4n) is 8.14. The van der Waals surface area contributed by atoms with Gasteiger partial charge in [-0.3, -0.25) is 9.97 Å². The fraction of sp³-hybridized carbons (Fsp3) is 0. The second kappa shape index (κ2) is 14.3. The van der Waals surface area contributed by atoms with Crippen molar-refractivity contribution in [2.24, 2.45) is 0 Å². The Balaban J connectivity index is 0.903. The predicted octanol–water partition coefficient (Wildman–Crippen LogP) is 14.6. The highest BCUT2D eigenvalue weighted by Gasteiger charge is 2.19. The molecule has 0 aliphatic carbocycles. The number of nitrogens with zero attached hydrogens (tertiary/aromatic N) is 6. The van der Waals surface area contributed by atoms with E-state index in [1.54, 1.807) is 23.7 Å². The first-order valence-corrected chi connectivity index (χ1v) is 20.7. The molecule has 0 fully saturated rings. The van der Waals surface area contributed by atoms with Gasteiger partial charge in [0.15, 0.2) is 5.58 Å². The highest BCUT2D eigenvalue weighted by Crippen LogP contribution is 2.42. The summed E-state index contributed by atoms with van der Waals surface area (Å²) in [5.74, 6) is 0.587. The van der Waals surface area contributed by atoms with Crippen molar-refractivity contribution in [1.82, 2.24) is 19.9 Å². The largest absolute Gasteiger partial charge is 0.456 e.